The Morgan fingerprint density at radius 1 is 1.02 bits per heavy atom. The molecular formula is C27H24ClF2N5O5. The van der Waals surface area contributed by atoms with Crippen LogP contribution in [0.2, 0.25) is 5.02 Å². The lowest BCUT2D eigenvalue weighted by Gasteiger charge is -2.18. The Hall–Kier alpha value is -4.71. The molecule has 4 rings (SSSR count). The van der Waals surface area contributed by atoms with Crippen molar-refractivity contribution in [3.63, 3.8) is 0 Å². The third-order valence-corrected chi connectivity index (χ3v) is 6.01. The Labute approximate surface area is 231 Å². The summed E-state index contributed by atoms with van der Waals surface area (Å²) >= 11 is 5.99. The summed E-state index contributed by atoms with van der Waals surface area (Å²) in [5, 5.41) is 3.61. The van der Waals surface area contributed by atoms with Crippen molar-refractivity contribution in [2.45, 2.75) is 26.6 Å². The standard InChI is InChI=1S/C27H24ClF2N5O5/c1-16(25(31)37)14-35-24(36)12-22(34(27(35)38)15-17-2-4-18(28)5-3-17)33-19-6-8-20(9-7-19)39-23-11-10-21(13-32-23)40-26(29)30/h2-13,16,26,33H,14-15H2,1H3,(H2,31,37)/t16-/m0/s1. The second kappa shape index (κ2) is 12.4. The molecule has 0 radical (unpaired) electrons. The number of halogens is 3. The van der Waals surface area contributed by atoms with Gasteiger partial charge in [-0.1, -0.05) is 30.7 Å². The number of nitrogens with two attached hydrogens (primary N) is 1. The van der Waals surface area contributed by atoms with Crippen molar-refractivity contribution >= 4 is 29.0 Å². The van der Waals surface area contributed by atoms with Crippen LogP contribution >= 0.6 is 11.6 Å². The van der Waals surface area contributed by atoms with Gasteiger partial charge in [0.2, 0.25) is 11.8 Å². The normalized spacial score (nSPS) is 11.7. The van der Waals surface area contributed by atoms with Gasteiger partial charge in [-0.25, -0.2) is 9.78 Å². The Balaban J connectivity index is 1.59. The van der Waals surface area contributed by atoms with E-state index in [4.69, 9.17) is 22.1 Å². The molecule has 0 spiro atoms. The van der Waals surface area contributed by atoms with Gasteiger partial charge in [-0.2, -0.15) is 8.78 Å². The van der Waals surface area contributed by atoms with Gasteiger partial charge in [0.1, 0.15) is 17.3 Å². The fourth-order valence-corrected chi connectivity index (χ4v) is 3.78. The molecule has 208 valence electrons. The van der Waals surface area contributed by atoms with Gasteiger partial charge < -0.3 is 20.5 Å². The number of hydrogen-bond donors (Lipinski definition) is 2. The zero-order chi connectivity index (χ0) is 28.8. The summed E-state index contributed by atoms with van der Waals surface area (Å²) in [6.07, 6.45) is 1.11. The lowest BCUT2D eigenvalue weighted by molar-refractivity contribution is -0.121. The fourth-order valence-electron chi connectivity index (χ4n) is 3.65. The summed E-state index contributed by atoms with van der Waals surface area (Å²) in [4.78, 5) is 41.8. The van der Waals surface area contributed by atoms with Crippen LogP contribution in [0.5, 0.6) is 17.4 Å². The number of ether oxygens (including phenoxy) is 2. The molecule has 0 unspecified atom stereocenters. The fraction of sp³-hybridized carbons (Fsp3) is 0.185. The van der Waals surface area contributed by atoms with Gasteiger partial charge in [0.15, 0.2) is 0 Å². The Morgan fingerprint density at radius 3 is 2.30 bits per heavy atom. The number of carbonyl (C=O) groups is 1. The van der Waals surface area contributed by atoms with E-state index in [1.165, 1.54) is 29.7 Å². The topological polar surface area (TPSA) is 130 Å². The van der Waals surface area contributed by atoms with E-state index < -0.39 is 29.7 Å². The lowest BCUT2D eigenvalue weighted by Crippen LogP contribution is -2.43. The first kappa shape index (κ1) is 28.3. The van der Waals surface area contributed by atoms with Crippen LogP contribution in [0.25, 0.3) is 0 Å². The first-order chi connectivity index (χ1) is 19.1. The number of alkyl halides is 2. The van der Waals surface area contributed by atoms with E-state index in [1.807, 2.05) is 0 Å². The molecule has 1 amide bonds. The molecule has 0 bridgehead atoms. The number of aromatic nitrogens is 3. The zero-order valence-corrected chi connectivity index (χ0v) is 21.8. The number of nitrogens with zero attached hydrogens (tertiary/aromatic N) is 3. The molecule has 10 nitrogen and oxygen atoms in total. The monoisotopic (exact) mass is 571 g/mol. The Kier molecular flexibility index (Phi) is 8.80. The van der Waals surface area contributed by atoms with E-state index in [0.29, 0.717) is 16.5 Å². The van der Waals surface area contributed by atoms with E-state index in [9.17, 15) is 23.2 Å². The van der Waals surface area contributed by atoms with Crippen LogP contribution in [0.4, 0.5) is 20.3 Å². The SMILES string of the molecule is C[C@@H](Cn1c(=O)cc(Nc2ccc(Oc3ccc(OC(F)F)cn3)cc2)n(Cc2ccc(Cl)cc2)c1=O)C(N)=O. The molecule has 2 heterocycles. The number of hydrogen-bond acceptors (Lipinski definition) is 7. The minimum Gasteiger partial charge on any atom is -0.439 e. The number of pyridine rings is 1. The highest BCUT2D eigenvalue weighted by Gasteiger charge is 2.17. The molecule has 0 saturated carbocycles. The number of amides is 1. The van der Waals surface area contributed by atoms with Crippen molar-refractivity contribution in [1.82, 2.24) is 14.1 Å². The van der Waals surface area contributed by atoms with Crippen LogP contribution in [0.3, 0.4) is 0 Å². The third kappa shape index (κ3) is 7.23. The van der Waals surface area contributed by atoms with Crippen molar-refractivity contribution in [1.29, 1.82) is 0 Å². The molecule has 3 N–H and O–H groups in total. The first-order valence-electron chi connectivity index (χ1n) is 11.9. The van der Waals surface area contributed by atoms with Crippen molar-refractivity contribution in [3.8, 4) is 17.4 Å². The van der Waals surface area contributed by atoms with Gasteiger partial charge in [-0.05, 0) is 48.0 Å². The maximum absolute atomic E-state index is 13.4. The number of anilines is 2. The lowest BCUT2D eigenvalue weighted by atomic mass is 10.1. The maximum Gasteiger partial charge on any atom is 0.387 e. The smallest absolute Gasteiger partial charge is 0.387 e. The molecule has 2 aromatic heterocycles. The largest absolute Gasteiger partial charge is 0.439 e. The third-order valence-electron chi connectivity index (χ3n) is 5.76. The van der Waals surface area contributed by atoms with Gasteiger partial charge in [0.25, 0.3) is 5.56 Å². The van der Waals surface area contributed by atoms with Crippen molar-refractivity contribution in [3.05, 3.63) is 104 Å². The van der Waals surface area contributed by atoms with Crippen molar-refractivity contribution < 1.29 is 23.0 Å². The van der Waals surface area contributed by atoms with Gasteiger partial charge in [-0.15, -0.1) is 0 Å². The zero-order valence-electron chi connectivity index (χ0n) is 21.1. The summed E-state index contributed by atoms with van der Waals surface area (Å²) in [7, 11) is 0. The van der Waals surface area contributed by atoms with Crippen LogP contribution < -0.4 is 31.8 Å². The Morgan fingerprint density at radius 2 is 1.70 bits per heavy atom. The minimum absolute atomic E-state index is 0.0995. The number of benzene rings is 2. The first-order valence-corrected chi connectivity index (χ1v) is 12.3. The summed E-state index contributed by atoms with van der Waals surface area (Å²) in [6, 6.07) is 17.4. The average Bonchev–Trinajstić information content (AvgIpc) is 2.91. The number of carbonyl (C=O) groups excluding carboxylic acids is 1. The van der Waals surface area contributed by atoms with E-state index in [0.717, 1.165) is 16.3 Å². The highest BCUT2D eigenvalue weighted by atomic mass is 35.5. The molecule has 0 fully saturated rings. The maximum atomic E-state index is 13.4. The van der Waals surface area contributed by atoms with Crippen LogP contribution in [0, 0.1) is 5.92 Å². The molecule has 0 aliphatic rings. The number of nitrogens with one attached hydrogen (secondary N) is 1. The predicted molar refractivity (Wildman–Crippen MR) is 145 cm³/mol. The molecule has 2 aromatic carbocycles. The summed E-state index contributed by atoms with van der Waals surface area (Å²) in [5.74, 6) is -0.686. The molecule has 4 aromatic rings. The second-order valence-electron chi connectivity index (χ2n) is 8.74. The second-order valence-corrected chi connectivity index (χ2v) is 9.18. The van der Waals surface area contributed by atoms with Crippen LogP contribution in [0.15, 0.2) is 82.5 Å². The van der Waals surface area contributed by atoms with E-state index >= 15 is 0 Å². The quantitative estimate of drug-likeness (QED) is 0.273. The van der Waals surface area contributed by atoms with E-state index in [-0.39, 0.29) is 30.5 Å². The summed E-state index contributed by atoms with van der Waals surface area (Å²) < 4.78 is 36.8. The average molecular weight is 572 g/mol. The highest BCUT2D eigenvalue weighted by molar-refractivity contribution is 6.30. The summed E-state index contributed by atoms with van der Waals surface area (Å²) in [6.45, 7) is -1.47. The van der Waals surface area contributed by atoms with Gasteiger partial charge in [0.05, 0.1) is 18.7 Å². The highest BCUT2D eigenvalue weighted by Crippen LogP contribution is 2.25. The van der Waals surface area contributed by atoms with Gasteiger partial charge in [-0.3, -0.25) is 18.7 Å². The molecule has 0 aliphatic carbocycles. The Bertz CT molecular complexity index is 1590. The molecule has 0 saturated heterocycles. The van der Waals surface area contributed by atoms with Gasteiger partial charge in [0, 0.05) is 29.4 Å². The predicted octanol–water partition coefficient (Wildman–Crippen LogP) is 4.37. The van der Waals surface area contributed by atoms with Crippen LogP contribution in [-0.2, 0) is 17.9 Å². The van der Waals surface area contributed by atoms with Crippen molar-refractivity contribution in [2.75, 3.05) is 5.32 Å². The molecular weight excluding hydrogens is 548 g/mol. The van der Waals surface area contributed by atoms with Gasteiger partial charge >= 0.3 is 12.3 Å². The molecule has 13 heteroatoms. The molecule has 1 atom stereocenters. The number of rotatable bonds is 11. The number of primary amides is 1. The van der Waals surface area contributed by atoms with E-state index in [2.05, 4.69) is 15.0 Å². The summed E-state index contributed by atoms with van der Waals surface area (Å²) in [5.41, 5.74) is 5.41. The van der Waals surface area contributed by atoms with E-state index in [1.54, 1.807) is 48.5 Å². The van der Waals surface area contributed by atoms with Crippen LogP contribution in [0.1, 0.15) is 12.5 Å². The molecule has 0 aliphatic heterocycles. The van der Waals surface area contributed by atoms with Crippen molar-refractivity contribution in [2.24, 2.45) is 11.7 Å². The van der Waals surface area contributed by atoms with Crippen LogP contribution in [-0.4, -0.2) is 26.6 Å². The minimum atomic E-state index is -2.96. The molecule has 40 heavy (non-hydrogen) atoms.